The van der Waals surface area contributed by atoms with Gasteiger partial charge in [0.2, 0.25) is 5.69 Å². The molecule has 0 aliphatic heterocycles. The predicted molar refractivity (Wildman–Crippen MR) is 73.4 cm³/mol. The summed E-state index contributed by atoms with van der Waals surface area (Å²) in [6, 6.07) is 8.71. The van der Waals surface area contributed by atoms with Gasteiger partial charge in [0.25, 0.3) is 0 Å². The van der Waals surface area contributed by atoms with Gasteiger partial charge in [-0.15, -0.1) is 0 Å². The molecule has 6 nitrogen and oxygen atoms in total. The van der Waals surface area contributed by atoms with E-state index in [1.54, 1.807) is 13.8 Å². The van der Waals surface area contributed by atoms with Crippen LogP contribution in [0.25, 0.3) is 10.5 Å². The van der Waals surface area contributed by atoms with E-state index in [1.165, 1.54) is 16.8 Å². The molecule has 1 aromatic carbocycles. The average molecular weight is 272 g/mol. The van der Waals surface area contributed by atoms with Gasteiger partial charge in [-0.2, -0.15) is 20.9 Å². The predicted octanol–water partition coefficient (Wildman–Crippen LogP) is 2.65. The van der Waals surface area contributed by atoms with Gasteiger partial charge >= 0.3 is 0 Å². The van der Waals surface area contributed by atoms with Gasteiger partial charge in [0.15, 0.2) is 0 Å². The average Bonchev–Trinajstić information content (AvgIpc) is 2.79. The van der Waals surface area contributed by atoms with E-state index in [9.17, 15) is 0 Å². The van der Waals surface area contributed by atoms with Gasteiger partial charge in [0, 0.05) is 0 Å². The normalized spacial score (nSPS) is 9.24. The summed E-state index contributed by atoms with van der Waals surface area (Å²) < 4.78 is 1.46. The number of nitriles is 3. The standard InChI is InChI=1S/C15H8N6/c1-9-13(8-18)10(2)21(20-9)15-5-12(7-17)11(6-16)4-14(15)19-3/h4-5H,1-2H3. The second kappa shape index (κ2) is 5.17. The molecule has 0 atom stereocenters. The van der Waals surface area contributed by atoms with Crippen LogP contribution in [-0.2, 0) is 0 Å². The van der Waals surface area contributed by atoms with Gasteiger partial charge < -0.3 is 0 Å². The van der Waals surface area contributed by atoms with Crippen LogP contribution in [0.3, 0.4) is 0 Å². The van der Waals surface area contributed by atoms with Crippen molar-refractivity contribution < 1.29 is 0 Å². The number of hydrogen-bond donors (Lipinski definition) is 0. The molecule has 0 radical (unpaired) electrons. The van der Waals surface area contributed by atoms with Crippen molar-refractivity contribution in [2.75, 3.05) is 0 Å². The maximum Gasteiger partial charge on any atom is 0.213 e. The number of hydrogen-bond acceptors (Lipinski definition) is 4. The van der Waals surface area contributed by atoms with Crippen molar-refractivity contribution in [1.29, 1.82) is 15.8 Å². The highest BCUT2D eigenvalue weighted by atomic mass is 15.3. The molecule has 21 heavy (non-hydrogen) atoms. The summed E-state index contributed by atoms with van der Waals surface area (Å²) in [6.45, 7) is 10.7. The van der Waals surface area contributed by atoms with Gasteiger partial charge in [0.1, 0.15) is 12.1 Å². The van der Waals surface area contributed by atoms with Crippen LogP contribution in [0.15, 0.2) is 12.1 Å². The third kappa shape index (κ3) is 2.08. The topological polar surface area (TPSA) is 93.5 Å². The lowest BCUT2D eigenvalue weighted by atomic mass is 10.1. The van der Waals surface area contributed by atoms with Crippen LogP contribution in [0.4, 0.5) is 5.69 Å². The Hall–Kier alpha value is -3.61. The van der Waals surface area contributed by atoms with Crippen LogP contribution in [0.1, 0.15) is 28.1 Å². The zero-order chi connectivity index (χ0) is 15.6. The molecule has 0 fully saturated rings. The van der Waals surface area contributed by atoms with Gasteiger partial charge in [0.05, 0.1) is 46.4 Å². The van der Waals surface area contributed by atoms with Gasteiger partial charge in [-0.25, -0.2) is 9.53 Å². The van der Waals surface area contributed by atoms with Crippen molar-refractivity contribution in [1.82, 2.24) is 9.78 Å². The van der Waals surface area contributed by atoms with E-state index in [-0.39, 0.29) is 16.8 Å². The highest BCUT2D eigenvalue weighted by molar-refractivity contribution is 5.69. The third-order valence-electron chi connectivity index (χ3n) is 3.11. The van der Waals surface area contributed by atoms with Crippen LogP contribution in [0.2, 0.25) is 0 Å². The molecule has 0 aliphatic rings. The fourth-order valence-corrected chi connectivity index (χ4v) is 2.06. The van der Waals surface area contributed by atoms with Gasteiger partial charge in [-0.05, 0) is 26.0 Å². The minimum atomic E-state index is 0.147. The first-order chi connectivity index (χ1) is 10.1. The summed E-state index contributed by atoms with van der Waals surface area (Å²) in [5, 5.41) is 31.5. The molecule has 0 saturated heterocycles. The first kappa shape index (κ1) is 13.8. The summed E-state index contributed by atoms with van der Waals surface area (Å²) in [7, 11) is 0. The van der Waals surface area contributed by atoms with Gasteiger partial charge in [-0.3, -0.25) is 0 Å². The summed E-state index contributed by atoms with van der Waals surface area (Å²) in [4.78, 5) is 3.38. The molecular weight excluding hydrogens is 264 g/mol. The molecule has 0 saturated carbocycles. The van der Waals surface area contributed by atoms with Crippen LogP contribution in [0.5, 0.6) is 0 Å². The number of nitrogens with zero attached hydrogens (tertiary/aromatic N) is 6. The minimum Gasteiger partial charge on any atom is -0.247 e. The number of rotatable bonds is 1. The minimum absolute atomic E-state index is 0.147. The van der Waals surface area contributed by atoms with Crippen molar-refractivity contribution in [2.24, 2.45) is 0 Å². The van der Waals surface area contributed by atoms with Crippen molar-refractivity contribution in [2.45, 2.75) is 13.8 Å². The molecule has 6 heteroatoms. The molecular formula is C15H8N6. The summed E-state index contributed by atoms with van der Waals surface area (Å²) in [5.74, 6) is 0. The van der Waals surface area contributed by atoms with E-state index in [4.69, 9.17) is 22.4 Å². The van der Waals surface area contributed by atoms with E-state index < -0.39 is 0 Å². The Morgan fingerprint density at radius 1 is 1.10 bits per heavy atom. The van der Waals surface area contributed by atoms with Crippen LogP contribution < -0.4 is 0 Å². The largest absolute Gasteiger partial charge is 0.247 e. The number of aryl methyl sites for hydroxylation is 1. The maximum absolute atomic E-state index is 9.11. The highest BCUT2D eigenvalue weighted by Crippen LogP contribution is 2.29. The molecule has 0 spiro atoms. The second-order valence-corrected chi connectivity index (χ2v) is 4.29. The van der Waals surface area contributed by atoms with E-state index >= 15 is 0 Å². The molecule has 0 bridgehead atoms. The molecule has 1 aromatic heterocycles. The number of aromatic nitrogens is 2. The Morgan fingerprint density at radius 3 is 2.19 bits per heavy atom. The Morgan fingerprint density at radius 2 is 1.71 bits per heavy atom. The zero-order valence-corrected chi connectivity index (χ0v) is 11.3. The van der Waals surface area contributed by atoms with Crippen molar-refractivity contribution in [3.63, 3.8) is 0 Å². The Balaban J connectivity index is 2.84. The quantitative estimate of drug-likeness (QED) is 0.746. The second-order valence-electron chi connectivity index (χ2n) is 4.29. The summed E-state index contributed by atoms with van der Waals surface area (Å²) >= 11 is 0. The SMILES string of the molecule is [C-]#[N+]c1cc(C#N)c(C#N)cc1-n1nc(C)c(C#N)c1C. The lowest BCUT2D eigenvalue weighted by Crippen LogP contribution is -2.01. The van der Waals surface area contributed by atoms with Crippen LogP contribution >= 0.6 is 0 Å². The summed E-state index contributed by atoms with van der Waals surface area (Å²) in [5.41, 5.74) is 2.50. The molecule has 98 valence electrons. The first-order valence-corrected chi connectivity index (χ1v) is 5.89. The fourth-order valence-electron chi connectivity index (χ4n) is 2.06. The molecule has 0 N–H and O–H groups in total. The lowest BCUT2D eigenvalue weighted by Gasteiger charge is -2.08. The Kier molecular flexibility index (Phi) is 3.40. The monoisotopic (exact) mass is 272 g/mol. The van der Waals surface area contributed by atoms with E-state index in [0.717, 1.165) is 0 Å². The van der Waals surface area contributed by atoms with Crippen molar-refractivity contribution >= 4 is 5.69 Å². The van der Waals surface area contributed by atoms with Crippen LogP contribution in [-0.4, -0.2) is 9.78 Å². The maximum atomic E-state index is 9.11. The Labute approximate surface area is 121 Å². The summed E-state index contributed by atoms with van der Waals surface area (Å²) in [6.07, 6.45) is 0. The smallest absolute Gasteiger partial charge is 0.213 e. The molecule has 0 unspecified atom stereocenters. The van der Waals surface area contributed by atoms with E-state index in [1.807, 2.05) is 12.1 Å². The van der Waals surface area contributed by atoms with Crippen molar-refractivity contribution in [3.8, 4) is 23.9 Å². The van der Waals surface area contributed by atoms with Crippen LogP contribution in [0, 0.1) is 54.4 Å². The molecule has 2 rings (SSSR count). The van der Waals surface area contributed by atoms with E-state index in [2.05, 4.69) is 16.0 Å². The molecule has 1 heterocycles. The molecule has 2 aromatic rings. The molecule has 0 aliphatic carbocycles. The number of benzene rings is 1. The zero-order valence-electron chi connectivity index (χ0n) is 11.3. The highest BCUT2D eigenvalue weighted by Gasteiger charge is 2.17. The first-order valence-electron chi connectivity index (χ1n) is 5.89. The Bertz CT molecular complexity index is 906. The van der Waals surface area contributed by atoms with Crippen molar-refractivity contribution in [3.05, 3.63) is 51.6 Å². The lowest BCUT2D eigenvalue weighted by molar-refractivity contribution is 0.836. The van der Waals surface area contributed by atoms with E-state index in [0.29, 0.717) is 22.6 Å². The fraction of sp³-hybridized carbons (Fsp3) is 0.133. The molecule has 0 amide bonds. The van der Waals surface area contributed by atoms with Gasteiger partial charge in [-0.1, -0.05) is 0 Å². The third-order valence-corrected chi connectivity index (χ3v) is 3.11.